The summed E-state index contributed by atoms with van der Waals surface area (Å²) in [6.07, 6.45) is 7.66. The van der Waals surface area contributed by atoms with Crippen LogP contribution in [-0.4, -0.2) is 22.4 Å². The topological polar surface area (TPSA) is 80.9 Å². The highest BCUT2D eigenvalue weighted by molar-refractivity contribution is 6.28. The van der Waals surface area contributed by atoms with Gasteiger partial charge in [0.05, 0.1) is 5.41 Å². The molecule has 1 saturated carbocycles. The first-order valence-electron chi connectivity index (χ1n) is 6.66. The van der Waals surface area contributed by atoms with E-state index in [-0.39, 0.29) is 11.2 Å². The summed E-state index contributed by atoms with van der Waals surface area (Å²) in [6.45, 7) is 0.373. The maximum Gasteiger partial charge on any atom is 0.233 e. The third-order valence-electron chi connectivity index (χ3n) is 3.80. The molecule has 0 radical (unpaired) electrons. The fourth-order valence-electron chi connectivity index (χ4n) is 2.58. The van der Waals surface area contributed by atoms with Gasteiger partial charge in [0, 0.05) is 12.7 Å². The number of aromatic nitrogens is 2. The minimum Gasteiger partial charge on any atom is -0.329 e. The third-order valence-corrected chi connectivity index (χ3v) is 3.98. The van der Waals surface area contributed by atoms with Crippen LogP contribution in [0.4, 0.5) is 5.82 Å². The monoisotopic (exact) mass is 282 g/mol. The Kier molecular flexibility index (Phi) is 4.71. The lowest BCUT2D eigenvalue weighted by atomic mass is 9.79. The van der Waals surface area contributed by atoms with Gasteiger partial charge >= 0.3 is 0 Å². The van der Waals surface area contributed by atoms with Crippen LogP contribution in [0.25, 0.3) is 0 Å². The van der Waals surface area contributed by atoms with E-state index in [0.717, 1.165) is 25.7 Å². The van der Waals surface area contributed by atoms with Gasteiger partial charge in [-0.25, -0.2) is 9.97 Å². The molecule has 3 N–H and O–H groups in total. The van der Waals surface area contributed by atoms with Crippen molar-refractivity contribution < 1.29 is 4.79 Å². The lowest BCUT2D eigenvalue weighted by Crippen LogP contribution is -2.42. The number of nitrogens with one attached hydrogen (secondary N) is 1. The zero-order valence-corrected chi connectivity index (χ0v) is 11.6. The first-order valence-corrected chi connectivity index (χ1v) is 7.04. The molecule has 1 fully saturated rings. The van der Waals surface area contributed by atoms with Gasteiger partial charge in [0.25, 0.3) is 0 Å². The van der Waals surface area contributed by atoms with Crippen LogP contribution < -0.4 is 11.1 Å². The third kappa shape index (κ3) is 3.42. The second kappa shape index (κ2) is 6.30. The van der Waals surface area contributed by atoms with Crippen LogP contribution in [0.2, 0.25) is 5.28 Å². The van der Waals surface area contributed by atoms with Crippen molar-refractivity contribution in [3.8, 4) is 0 Å². The van der Waals surface area contributed by atoms with E-state index in [4.69, 9.17) is 17.3 Å². The first kappa shape index (κ1) is 14.2. The molecule has 1 aliphatic rings. The summed E-state index contributed by atoms with van der Waals surface area (Å²) in [5, 5.41) is 2.94. The number of hydrogen-bond acceptors (Lipinski definition) is 4. The summed E-state index contributed by atoms with van der Waals surface area (Å²) < 4.78 is 0. The number of carbonyl (C=O) groups excluding carboxylic acids is 1. The summed E-state index contributed by atoms with van der Waals surface area (Å²) in [5.41, 5.74) is 5.41. The molecule has 0 aliphatic heterocycles. The molecule has 5 nitrogen and oxygen atoms in total. The summed E-state index contributed by atoms with van der Waals surface area (Å²) >= 11 is 5.71. The van der Waals surface area contributed by atoms with Crippen molar-refractivity contribution in [2.75, 3.05) is 11.9 Å². The molecule has 6 heteroatoms. The largest absolute Gasteiger partial charge is 0.329 e. The zero-order chi connectivity index (χ0) is 13.7. The molecular formula is C13H19ClN4O. The summed E-state index contributed by atoms with van der Waals surface area (Å²) in [6, 6.07) is 1.63. The van der Waals surface area contributed by atoms with Gasteiger partial charge in [0.1, 0.15) is 5.82 Å². The minimum atomic E-state index is -0.464. The maximum atomic E-state index is 12.5. The normalized spacial score (nSPS) is 18.6. The Bertz CT molecular complexity index is 444. The van der Waals surface area contributed by atoms with Crippen LogP contribution in [0.5, 0.6) is 0 Å². The van der Waals surface area contributed by atoms with Gasteiger partial charge in [-0.3, -0.25) is 4.79 Å². The molecule has 1 aromatic rings. The lowest BCUT2D eigenvalue weighted by Gasteiger charge is -2.29. The van der Waals surface area contributed by atoms with Gasteiger partial charge < -0.3 is 11.1 Å². The second-order valence-electron chi connectivity index (χ2n) is 5.06. The molecule has 1 amide bonds. The molecule has 1 heterocycles. The van der Waals surface area contributed by atoms with E-state index >= 15 is 0 Å². The van der Waals surface area contributed by atoms with Gasteiger partial charge in [0.15, 0.2) is 0 Å². The van der Waals surface area contributed by atoms with E-state index in [1.54, 1.807) is 6.07 Å². The summed E-state index contributed by atoms with van der Waals surface area (Å²) in [7, 11) is 0. The van der Waals surface area contributed by atoms with Gasteiger partial charge in [0.2, 0.25) is 11.2 Å². The van der Waals surface area contributed by atoms with Crippen molar-refractivity contribution in [1.29, 1.82) is 0 Å². The predicted molar refractivity (Wildman–Crippen MR) is 74.9 cm³/mol. The Balaban J connectivity index is 2.12. The number of nitrogens with zero attached hydrogens (tertiary/aromatic N) is 2. The number of carbonyl (C=O) groups is 1. The summed E-state index contributed by atoms with van der Waals surface area (Å²) in [4.78, 5) is 20.3. The number of hydrogen-bond donors (Lipinski definition) is 2. The zero-order valence-electron chi connectivity index (χ0n) is 10.9. The molecule has 1 aromatic heterocycles. The Hall–Kier alpha value is -1.20. The molecule has 0 atom stereocenters. The standard InChI is InChI=1S/C13H19ClN4O/c14-12-16-8-5-10(18-12)17-11(19)13(9-15)6-3-1-2-4-7-13/h5,8H,1-4,6-7,9,15H2,(H,16,17,18,19). The molecule has 0 spiro atoms. The molecule has 104 valence electrons. The fourth-order valence-corrected chi connectivity index (χ4v) is 2.73. The average molecular weight is 283 g/mol. The number of nitrogens with two attached hydrogens (primary N) is 1. The minimum absolute atomic E-state index is 0.0494. The van der Waals surface area contributed by atoms with Crippen molar-refractivity contribution in [3.63, 3.8) is 0 Å². The number of rotatable bonds is 3. The number of anilines is 1. The Morgan fingerprint density at radius 1 is 1.37 bits per heavy atom. The van der Waals surface area contributed by atoms with Crippen molar-refractivity contribution in [1.82, 2.24) is 9.97 Å². The number of halogens is 1. The van der Waals surface area contributed by atoms with Crippen LogP contribution >= 0.6 is 11.6 Å². The molecule has 1 aliphatic carbocycles. The first-order chi connectivity index (χ1) is 9.16. The highest BCUT2D eigenvalue weighted by Gasteiger charge is 2.37. The highest BCUT2D eigenvalue weighted by Crippen LogP contribution is 2.35. The van der Waals surface area contributed by atoms with Gasteiger partial charge in [-0.15, -0.1) is 0 Å². The molecule has 0 unspecified atom stereocenters. The molecule has 2 rings (SSSR count). The van der Waals surface area contributed by atoms with E-state index in [0.29, 0.717) is 12.4 Å². The molecule has 0 aromatic carbocycles. The highest BCUT2D eigenvalue weighted by atomic mass is 35.5. The van der Waals surface area contributed by atoms with E-state index in [1.165, 1.54) is 19.0 Å². The van der Waals surface area contributed by atoms with Gasteiger partial charge in [-0.2, -0.15) is 0 Å². The van der Waals surface area contributed by atoms with Crippen molar-refractivity contribution in [3.05, 3.63) is 17.5 Å². The average Bonchev–Trinajstić information content (AvgIpc) is 2.65. The SMILES string of the molecule is NCC1(C(=O)Nc2ccnc(Cl)n2)CCCCCC1. The maximum absolute atomic E-state index is 12.5. The van der Waals surface area contributed by atoms with Crippen LogP contribution in [0.1, 0.15) is 38.5 Å². The van der Waals surface area contributed by atoms with Crippen LogP contribution in [0.3, 0.4) is 0 Å². The van der Waals surface area contributed by atoms with Gasteiger partial charge in [-0.05, 0) is 30.5 Å². The van der Waals surface area contributed by atoms with Crippen LogP contribution in [-0.2, 0) is 4.79 Å². The van der Waals surface area contributed by atoms with Crippen molar-refractivity contribution in [2.45, 2.75) is 38.5 Å². The second-order valence-corrected chi connectivity index (χ2v) is 5.40. The van der Waals surface area contributed by atoms with Gasteiger partial charge in [-0.1, -0.05) is 25.7 Å². The molecule has 0 bridgehead atoms. The number of amides is 1. The van der Waals surface area contributed by atoms with E-state index in [1.807, 2.05) is 0 Å². The fraction of sp³-hybridized carbons (Fsp3) is 0.615. The Morgan fingerprint density at radius 3 is 2.63 bits per heavy atom. The quantitative estimate of drug-likeness (QED) is 0.659. The van der Waals surface area contributed by atoms with E-state index in [9.17, 15) is 4.79 Å². The predicted octanol–water partition coefficient (Wildman–Crippen LogP) is 2.37. The van der Waals surface area contributed by atoms with Crippen LogP contribution in [0.15, 0.2) is 12.3 Å². The van der Waals surface area contributed by atoms with Crippen LogP contribution in [0, 0.1) is 5.41 Å². The van der Waals surface area contributed by atoms with E-state index < -0.39 is 5.41 Å². The van der Waals surface area contributed by atoms with Crippen molar-refractivity contribution >= 4 is 23.3 Å². The van der Waals surface area contributed by atoms with E-state index in [2.05, 4.69) is 15.3 Å². The smallest absolute Gasteiger partial charge is 0.233 e. The summed E-state index contributed by atoms with van der Waals surface area (Å²) in [5.74, 6) is 0.383. The Morgan fingerprint density at radius 2 is 2.05 bits per heavy atom. The lowest BCUT2D eigenvalue weighted by molar-refractivity contribution is -0.125. The molecule has 0 saturated heterocycles. The molecule has 19 heavy (non-hydrogen) atoms. The molecular weight excluding hydrogens is 264 g/mol. The Labute approximate surface area is 118 Å². The van der Waals surface area contributed by atoms with Crippen molar-refractivity contribution in [2.24, 2.45) is 11.1 Å².